The molecule has 1 heterocycles. The van der Waals surface area contributed by atoms with Gasteiger partial charge in [-0.05, 0) is 13.8 Å². The normalized spacial score (nSPS) is 10.7. The van der Waals surface area contributed by atoms with Gasteiger partial charge in [-0.15, -0.1) is 11.3 Å². The lowest BCUT2D eigenvalue weighted by Gasteiger charge is -1.82. The number of thiazole rings is 1. The molecular formula is C7H9N3S. The van der Waals surface area contributed by atoms with Crippen molar-refractivity contribution < 1.29 is 0 Å². The molecule has 0 aliphatic rings. The van der Waals surface area contributed by atoms with Crippen LogP contribution in [0.1, 0.15) is 15.6 Å². The SMILES string of the molecule is C=N/N=C\c1nc(C)sc1C. The molecule has 1 aromatic heterocycles. The minimum atomic E-state index is 0.889. The van der Waals surface area contributed by atoms with E-state index in [2.05, 4.69) is 21.9 Å². The van der Waals surface area contributed by atoms with Crippen LogP contribution >= 0.6 is 11.3 Å². The molecule has 0 aliphatic heterocycles. The average molecular weight is 167 g/mol. The molecule has 58 valence electrons. The molecule has 0 atom stereocenters. The Morgan fingerprint density at radius 2 is 2.27 bits per heavy atom. The van der Waals surface area contributed by atoms with Gasteiger partial charge < -0.3 is 0 Å². The van der Waals surface area contributed by atoms with Gasteiger partial charge in [0.2, 0.25) is 0 Å². The van der Waals surface area contributed by atoms with Crippen LogP contribution in [0.3, 0.4) is 0 Å². The van der Waals surface area contributed by atoms with Crippen molar-refractivity contribution in [1.29, 1.82) is 0 Å². The van der Waals surface area contributed by atoms with Crippen LogP contribution in [0.5, 0.6) is 0 Å². The molecule has 0 amide bonds. The number of nitrogens with zero attached hydrogens (tertiary/aromatic N) is 3. The van der Waals surface area contributed by atoms with Gasteiger partial charge in [0.1, 0.15) is 0 Å². The van der Waals surface area contributed by atoms with Crippen LogP contribution in [0.2, 0.25) is 0 Å². The molecule has 0 saturated carbocycles. The zero-order chi connectivity index (χ0) is 8.27. The predicted molar refractivity (Wildman–Crippen MR) is 48.7 cm³/mol. The lowest BCUT2D eigenvalue weighted by atomic mass is 10.4. The van der Waals surface area contributed by atoms with Gasteiger partial charge in [0.05, 0.1) is 16.9 Å². The van der Waals surface area contributed by atoms with E-state index in [9.17, 15) is 0 Å². The highest BCUT2D eigenvalue weighted by Gasteiger charge is 2.00. The van der Waals surface area contributed by atoms with E-state index in [-0.39, 0.29) is 0 Å². The molecular weight excluding hydrogens is 158 g/mol. The smallest absolute Gasteiger partial charge is 0.0972 e. The molecule has 0 N–H and O–H groups in total. The third kappa shape index (κ3) is 1.94. The molecule has 3 nitrogen and oxygen atoms in total. The second-order valence-corrected chi connectivity index (χ2v) is 3.47. The summed E-state index contributed by atoms with van der Waals surface area (Å²) in [6.45, 7) is 7.22. The molecule has 4 heteroatoms. The molecule has 0 saturated heterocycles. The molecule has 1 aromatic rings. The second kappa shape index (κ2) is 3.39. The summed E-state index contributed by atoms with van der Waals surface area (Å²) in [7, 11) is 0. The Morgan fingerprint density at radius 1 is 1.55 bits per heavy atom. The van der Waals surface area contributed by atoms with Gasteiger partial charge in [-0.1, -0.05) is 0 Å². The van der Waals surface area contributed by atoms with Crippen LogP contribution in [0.25, 0.3) is 0 Å². The molecule has 0 unspecified atom stereocenters. The van der Waals surface area contributed by atoms with Crippen molar-refractivity contribution >= 4 is 24.3 Å². The second-order valence-electron chi connectivity index (χ2n) is 2.06. The first-order valence-electron chi connectivity index (χ1n) is 3.17. The summed E-state index contributed by atoms with van der Waals surface area (Å²) in [5, 5.41) is 8.06. The number of hydrogen-bond acceptors (Lipinski definition) is 4. The first-order valence-corrected chi connectivity index (χ1v) is 3.99. The van der Waals surface area contributed by atoms with Crippen LogP contribution in [-0.2, 0) is 0 Å². The number of aromatic nitrogens is 1. The number of hydrogen-bond donors (Lipinski definition) is 0. The van der Waals surface area contributed by atoms with E-state index in [1.807, 2.05) is 13.8 Å². The van der Waals surface area contributed by atoms with Crippen molar-refractivity contribution in [2.45, 2.75) is 13.8 Å². The quantitative estimate of drug-likeness (QED) is 0.489. The maximum absolute atomic E-state index is 4.23. The third-order valence-corrected chi connectivity index (χ3v) is 2.10. The summed E-state index contributed by atoms with van der Waals surface area (Å²) in [5.41, 5.74) is 0.889. The lowest BCUT2D eigenvalue weighted by Crippen LogP contribution is -1.82. The fourth-order valence-corrected chi connectivity index (χ4v) is 1.55. The van der Waals surface area contributed by atoms with Crippen molar-refractivity contribution in [3.63, 3.8) is 0 Å². The average Bonchev–Trinajstić information content (AvgIpc) is 2.26. The minimum absolute atomic E-state index is 0.889. The molecule has 0 radical (unpaired) electrons. The molecule has 0 spiro atoms. The van der Waals surface area contributed by atoms with E-state index in [0.29, 0.717) is 0 Å². The van der Waals surface area contributed by atoms with Crippen LogP contribution in [-0.4, -0.2) is 17.9 Å². The fourth-order valence-electron chi connectivity index (χ4n) is 0.760. The Labute approximate surface area is 69.5 Å². The van der Waals surface area contributed by atoms with Gasteiger partial charge in [0, 0.05) is 11.6 Å². The van der Waals surface area contributed by atoms with E-state index >= 15 is 0 Å². The van der Waals surface area contributed by atoms with Gasteiger partial charge >= 0.3 is 0 Å². The van der Waals surface area contributed by atoms with Crippen LogP contribution in [0.4, 0.5) is 0 Å². The van der Waals surface area contributed by atoms with Crippen molar-refractivity contribution in [3.05, 3.63) is 15.6 Å². The van der Waals surface area contributed by atoms with Crippen molar-refractivity contribution in [1.82, 2.24) is 4.98 Å². The zero-order valence-corrected chi connectivity index (χ0v) is 7.35. The first-order chi connectivity index (χ1) is 5.24. The highest BCUT2D eigenvalue weighted by molar-refractivity contribution is 7.11. The summed E-state index contributed by atoms with van der Waals surface area (Å²) < 4.78 is 0. The van der Waals surface area contributed by atoms with Crippen molar-refractivity contribution in [3.8, 4) is 0 Å². The predicted octanol–water partition coefficient (Wildman–Crippen LogP) is 1.79. The minimum Gasteiger partial charge on any atom is -0.240 e. The van der Waals surface area contributed by atoms with E-state index < -0.39 is 0 Å². The highest BCUT2D eigenvalue weighted by atomic mass is 32.1. The topological polar surface area (TPSA) is 37.6 Å². The summed E-state index contributed by atoms with van der Waals surface area (Å²) in [4.78, 5) is 5.39. The molecule has 0 fully saturated rings. The standard InChI is InChI=1S/C7H9N3S/c1-5-7(4-9-8-3)10-6(2)11-5/h4H,3H2,1-2H3/b9-4-. The Bertz CT molecular complexity index is 288. The summed E-state index contributed by atoms with van der Waals surface area (Å²) in [6, 6.07) is 0. The Hall–Kier alpha value is -1.03. The van der Waals surface area contributed by atoms with E-state index in [0.717, 1.165) is 15.6 Å². The van der Waals surface area contributed by atoms with Gasteiger partial charge in [-0.2, -0.15) is 10.2 Å². The Morgan fingerprint density at radius 3 is 2.73 bits per heavy atom. The third-order valence-electron chi connectivity index (χ3n) is 1.20. The summed E-state index contributed by atoms with van der Waals surface area (Å²) >= 11 is 1.66. The largest absolute Gasteiger partial charge is 0.240 e. The van der Waals surface area contributed by atoms with Crippen LogP contribution in [0.15, 0.2) is 10.2 Å². The Balaban J connectivity index is 2.93. The summed E-state index contributed by atoms with van der Waals surface area (Å²) in [5.74, 6) is 0. The fraction of sp³-hybridized carbons (Fsp3) is 0.286. The van der Waals surface area contributed by atoms with E-state index in [4.69, 9.17) is 0 Å². The first kappa shape index (κ1) is 8.07. The maximum atomic E-state index is 4.23. The monoisotopic (exact) mass is 167 g/mol. The molecule has 0 bridgehead atoms. The van der Waals surface area contributed by atoms with Gasteiger partial charge in [-0.3, -0.25) is 0 Å². The van der Waals surface area contributed by atoms with Gasteiger partial charge in [-0.25, -0.2) is 4.98 Å². The molecule has 0 aromatic carbocycles. The van der Waals surface area contributed by atoms with Crippen LogP contribution < -0.4 is 0 Å². The maximum Gasteiger partial charge on any atom is 0.0972 e. The van der Waals surface area contributed by atoms with Gasteiger partial charge in [0.15, 0.2) is 0 Å². The Kier molecular flexibility index (Phi) is 2.48. The van der Waals surface area contributed by atoms with Crippen molar-refractivity contribution in [2.75, 3.05) is 0 Å². The number of aryl methyl sites for hydroxylation is 2. The lowest BCUT2D eigenvalue weighted by molar-refractivity contribution is 1.23. The molecule has 1 rings (SSSR count). The molecule has 11 heavy (non-hydrogen) atoms. The zero-order valence-electron chi connectivity index (χ0n) is 6.53. The highest BCUT2D eigenvalue weighted by Crippen LogP contribution is 2.14. The molecule has 0 aliphatic carbocycles. The number of rotatable bonds is 2. The van der Waals surface area contributed by atoms with Crippen LogP contribution in [0, 0.1) is 13.8 Å². The van der Waals surface area contributed by atoms with E-state index in [1.54, 1.807) is 17.6 Å². The summed E-state index contributed by atoms with van der Waals surface area (Å²) in [6.07, 6.45) is 1.62. The van der Waals surface area contributed by atoms with Crippen molar-refractivity contribution in [2.24, 2.45) is 10.2 Å². The van der Waals surface area contributed by atoms with E-state index in [1.165, 1.54) is 0 Å². The van der Waals surface area contributed by atoms with Gasteiger partial charge in [0.25, 0.3) is 0 Å².